The summed E-state index contributed by atoms with van der Waals surface area (Å²) in [5.74, 6) is 0.563. The van der Waals surface area contributed by atoms with E-state index in [1.54, 1.807) is 6.20 Å². The highest BCUT2D eigenvalue weighted by atomic mass is 79.9. The van der Waals surface area contributed by atoms with Crippen LogP contribution in [0, 0.1) is 20.8 Å². The highest BCUT2D eigenvalue weighted by Crippen LogP contribution is 2.26. The van der Waals surface area contributed by atoms with Crippen molar-refractivity contribution in [3.05, 3.63) is 38.7 Å². The summed E-state index contributed by atoms with van der Waals surface area (Å²) in [4.78, 5) is 13.0. The Labute approximate surface area is 113 Å². The number of hydrogen-bond acceptors (Lipinski definition) is 3. The van der Waals surface area contributed by atoms with Gasteiger partial charge in [0.15, 0.2) is 5.82 Å². The van der Waals surface area contributed by atoms with E-state index in [0.29, 0.717) is 11.0 Å². The first-order valence-corrected chi connectivity index (χ1v) is 6.29. The molecule has 0 bridgehead atoms. The van der Waals surface area contributed by atoms with Gasteiger partial charge in [-0.1, -0.05) is 17.7 Å². The molecule has 0 aliphatic rings. The lowest BCUT2D eigenvalue weighted by Gasteiger charge is -2.07. The van der Waals surface area contributed by atoms with Crippen molar-refractivity contribution in [3.63, 3.8) is 0 Å². The standard InChI is InChI=1S/C12H11BrClN3/c1-6-4-7(2)10(15-5-6)12-16-8(3)9(13)11(14)17-12/h4-5H,1-3H3. The van der Waals surface area contributed by atoms with Crippen LogP contribution < -0.4 is 0 Å². The normalized spacial score (nSPS) is 10.6. The molecule has 2 aromatic rings. The molecule has 0 unspecified atom stereocenters. The molecule has 3 nitrogen and oxygen atoms in total. The maximum absolute atomic E-state index is 6.03. The first-order valence-electron chi connectivity index (χ1n) is 5.12. The zero-order valence-electron chi connectivity index (χ0n) is 9.75. The number of rotatable bonds is 1. The van der Waals surface area contributed by atoms with Crippen LogP contribution in [-0.4, -0.2) is 15.0 Å². The maximum Gasteiger partial charge on any atom is 0.180 e. The Morgan fingerprint density at radius 3 is 2.47 bits per heavy atom. The molecule has 0 aliphatic heterocycles. The van der Waals surface area contributed by atoms with Crippen molar-refractivity contribution < 1.29 is 0 Å². The third kappa shape index (κ3) is 2.48. The van der Waals surface area contributed by atoms with E-state index >= 15 is 0 Å². The van der Waals surface area contributed by atoms with Crippen molar-refractivity contribution in [1.29, 1.82) is 0 Å². The molecule has 2 rings (SSSR count). The van der Waals surface area contributed by atoms with E-state index in [1.165, 1.54) is 0 Å². The second-order valence-corrected chi connectivity index (χ2v) is 5.07. The molecule has 0 amide bonds. The molecule has 88 valence electrons. The number of aromatic nitrogens is 3. The summed E-state index contributed by atoms with van der Waals surface area (Å²) < 4.78 is 0.729. The predicted molar refractivity (Wildman–Crippen MR) is 72.2 cm³/mol. The van der Waals surface area contributed by atoms with Gasteiger partial charge in [0.25, 0.3) is 0 Å². The van der Waals surface area contributed by atoms with Gasteiger partial charge in [-0.2, -0.15) is 0 Å². The van der Waals surface area contributed by atoms with Crippen LogP contribution in [0.2, 0.25) is 5.15 Å². The predicted octanol–water partition coefficient (Wildman–Crippen LogP) is 3.88. The summed E-state index contributed by atoms with van der Waals surface area (Å²) in [5.41, 5.74) is 3.74. The summed E-state index contributed by atoms with van der Waals surface area (Å²) in [6.45, 7) is 5.87. The third-order valence-electron chi connectivity index (χ3n) is 2.40. The Kier molecular flexibility index (Phi) is 3.45. The van der Waals surface area contributed by atoms with Crippen LogP contribution in [0.3, 0.4) is 0 Å². The average Bonchev–Trinajstić information content (AvgIpc) is 2.25. The molecule has 0 saturated carbocycles. The zero-order valence-corrected chi connectivity index (χ0v) is 12.1. The summed E-state index contributed by atoms with van der Waals surface area (Å²) >= 11 is 9.37. The van der Waals surface area contributed by atoms with Crippen molar-refractivity contribution in [2.75, 3.05) is 0 Å². The van der Waals surface area contributed by atoms with Crippen LogP contribution >= 0.6 is 27.5 Å². The van der Waals surface area contributed by atoms with Gasteiger partial charge in [0, 0.05) is 6.20 Å². The number of nitrogens with zero attached hydrogens (tertiary/aromatic N) is 3. The van der Waals surface area contributed by atoms with E-state index in [1.807, 2.05) is 20.8 Å². The zero-order chi connectivity index (χ0) is 12.6. The van der Waals surface area contributed by atoms with Crippen molar-refractivity contribution >= 4 is 27.5 Å². The Morgan fingerprint density at radius 2 is 1.88 bits per heavy atom. The summed E-state index contributed by atoms with van der Waals surface area (Å²) in [6.07, 6.45) is 1.80. The van der Waals surface area contributed by atoms with Crippen LogP contribution in [-0.2, 0) is 0 Å². The molecule has 0 spiro atoms. The molecule has 5 heteroatoms. The lowest BCUT2D eigenvalue weighted by molar-refractivity contribution is 1.06. The topological polar surface area (TPSA) is 38.7 Å². The molecule has 0 aliphatic carbocycles. The third-order valence-corrected chi connectivity index (χ3v) is 3.85. The Balaban J connectivity index is 2.61. The highest BCUT2D eigenvalue weighted by Gasteiger charge is 2.12. The molecule has 0 fully saturated rings. The molecule has 0 atom stereocenters. The fourth-order valence-corrected chi connectivity index (χ4v) is 1.97. The minimum atomic E-state index is 0.411. The fourth-order valence-electron chi connectivity index (χ4n) is 1.58. The van der Waals surface area contributed by atoms with Gasteiger partial charge in [-0.05, 0) is 47.8 Å². The second-order valence-electron chi connectivity index (χ2n) is 3.92. The molecular formula is C12H11BrClN3. The lowest BCUT2D eigenvalue weighted by Crippen LogP contribution is -1.98. The fraction of sp³-hybridized carbons (Fsp3) is 0.250. The van der Waals surface area contributed by atoms with Gasteiger partial charge in [-0.25, -0.2) is 9.97 Å². The van der Waals surface area contributed by atoms with Crippen molar-refractivity contribution in [2.24, 2.45) is 0 Å². The van der Waals surface area contributed by atoms with Gasteiger partial charge >= 0.3 is 0 Å². The SMILES string of the molecule is Cc1cnc(-c2nc(C)c(Br)c(Cl)n2)c(C)c1. The molecule has 0 saturated heterocycles. The summed E-state index contributed by atoms with van der Waals surface area (Å²) in [5, 5.41) is 0.411. The van der Waals surface area contributed by atoms with Crippen molar-refractivity contribution in [1.82, 2.24) is 15.0 Å². The highest BCUT2D eigenvalue weighted by molar-refractivity contribution is 9.10. The van der Waals surface area contributed by atoms with Gasteiger partial charge < -0.3 is 0 Å². The summed E-state index contributed by atoms with van der Waals surface area (Å²) in [6, 6.07) is 2.05. The maximum atomic E-state index is 6.03. The number of aryl methyl sites for hydroxylation is 3. The van der Waals surface area contributed by atoms with Gasteiger partial charge in [0.1, 0.15) is 10.8 Å². The largest absolute Gasteiger partial charge is 0.252 e. The lowest BCUT2D eigenvalue weighted by atomic mass is 10.1. The van der Waals surface area contributed by atoms with Crippen LogP contribution in [0.25, 0.3) is 11.5 Å². The van der Waals surface area contributed by atoms with Crippen LogP contribution in [0.1, 0.15) is 16.8 Å². The first-order chi connectivity index (χ1) is 7.99. The van der Waals surface area contributed by atoms with E-state index in [2.05, 4.69) is 36.9 Å². The average molecular weight is 313 g/mol. The van der Waals surface area contributed by atoms with Gasteiger partial charge in [0.2, 0.25) is 0 Å². The minimum Gasteiger partial charge on any atom is -0.252 e. The molecule has 0 N–H and O–H groups in total. The number of halogens is 2. The van der Waals surface area contributed by atoms with E-state index in [-0.39, 0.29) is 0 Å². The Hall–Kier alpha value is -1.00. The van der Waals surface area contributed by atoms with E-state index in [9.17, 15) is 0 Å². The van der Waals surface area contributed by atoms with Crippen LogP contribution in [0.5, 0.6) is 0 Å². The molecule has 2 aromatic heterocycles. The molecule has 17 heavy (non-hydrogen) atoms. The minimum absolute atomic E-state index is 0.411. The Bertz CT molecular complexity index is 561. The molecule has 0 radical (unpaired) electrons. The van der Waals surface area contributed by atoms with Crippen LogP contribution in [0.15, 0.2) is 16.7 Å². The van der Waals surface area contributed by atoms with E-state index < -0.39 is 0 Å². The molecule has 2 heterocycles. The summed E-state index contributed by atoms with van der Waals surface area (Å²) in [7, 11) is 0. The van der Waals surface area contributed by atoms with Gasteiger partial charge in [-0.15, -0.1) is 0 Å². The van der Waals surface area contributed by atoms with E-state index in [0.717, 1.165) is 27.0 Å². The van der Waals surface area contributed by atoms with E-state index in [4.69, 9.17) is 11.6 Å². The van der Waals surface area contributed by atoms with Crippen LogP contribution in [0.4, 0.5) is 0 Å². The van der Waals surface area contributed by atoms with Gasteiger partial charge in [0.05, 0.1) is 10.2 Å². The second kappa shape index (κ2) is 4.70. The molecule has 0 aromatic carbocycles. The monoisotopic (exact) mass is 311 g/mol. The number of hydrogen-bond donors (Lipinski definition) is 0. The first kappa shape index (κ1) is 12.5. The molecular weight excluding hydrogens is 302 g/mol. The smallest absolute Gasteiger partial charge is 0.180 e. The Morgan fingerprint density at radius 1 is 1.18 bits per heavy atom. The van der Waals surface area contributed by atoms with Gasteiger partial charge in [-0.3, -0.25) is 4.98 Å². The number of pyridine rings is 1. The van der Waals surface area contributed by atoms with Crippen molar-refractivity contribution in [3.8, 4) is 11.5 Å². The van der Waals surface area contributed by atoms with Crippen molar-refractivity contribution in [2.45, 2.75) is 20.8 Å². The quantitative estimate of drug-likeness (QED) is 0.750.